The second-order valence-electron chi connectivity index (χ2n) is 8.34. The maximum Gasteiger partial charge on any atom is 0.471 e. The van der Waals surface area contributed by atoms with E-state index in [4.69, 9.17) is 4.74 Å². The SMILES string of the molecule is CCOc1ccc2c(c1)N(C1CCC1)C(c1ccc(N(CC)C(=O)C(F)(F)F)cc1)C2C#N. The molecule has 0 N–H and O–H groups in total. The van der Waals surface area contributed by atoms with Crippen LogP contribution in [0.5, 0.6) is 5.75 Å². The van der Waals surface area contributed by atoms with Crippen LogP contribution in [0.15, 0.2) is 42.5 Å². The van der Waals surface area contributed by atoms with Gasteiger partial charge in [0.15, 0.2) is 0 Å². The van der Waals surface area contributed by atoms with E-state index in [1.165, 1.54) is 19.1 Å². The molecule has 1 saturated carbocycles. The second-order valence-corrected chi connectivity index (χ2v) is 8.34. The van der Waals surface area contributed by atoms with Crippen molar-refractivity contribution in [2.45, 2.75) is 57.3 Å². The lowest BCUT2D eigenvalue weighted by atomic mass is 9.87. The lowest BCUT2D eigenvalue weighted by molar-refractivity contribution is -0.170. The van der Waals surface area contributed by atoms with Crippen LogP contribution < -0.4 is 14.5 Å². The van der Waals surface area contributed by atoms with Crippen molar-refractivity contribution in [1.82, 2.24) is 0 Å². The number of fused-ring (bicyclic) bond motifs is 1. The Balaban J connectivity index is 1.71. The van der Waals surface area contributed by atoms with Crippen LogP contribution in [0.4, 0.5) is 24.5 Å². The number of anilines is 2. The van der Waals surface area contributed by atoms with Gasteiger partial charge < -0.3 is 14.5 Å². The third-order valence-electron chi connectivity index (χ3n) is 6.50. The van der Waals surface area contributed by atoms with E-state index in [1.54, 1.807) is 12.1 Å². The third kappa shape index (κ3) is 4.12. The molecule has 0 spiro atoms. The highest BCUT2D eigenvalue weighted by Crippen LogP contribution is 2.53. The summed E-state index contributed by atoms with van der Waals surface area (Å²) in [7, 11) is 0. The van der Waals surface area contributed by atoms with Crippen molar-refractivity contribution < 1.29 is 22.7 Å². The third-order valence-corrected chi connectivity index (χ3v) is 6.50. The summed E-state index contributed by atoms with van der Waals surface area (Å²) in [5.74, 6) is -1.56. The number of halogens is 3. The molecule has 0 bridgehead atoms. The van der Waals surface area contributed by atoms with E-state index in [1.807, 2.05) is 25.1 Å². The monoisotopic (exact) mass is 457 g/mol. The van der Waals surface area contributed by atoms with Gasteiger partial charge in [-0.15, -0.1) is 0 Å². The van der Waals surface area contributed by atoms with E-state index in [9.17, 15) is 23.2 Å². The Morgan fingerprint density at radius 1 is 1.18 bits per heavy atom. The fraction of sp³-hybridized carbons (Fsp3) is 0.440. The molecule has 2 atom stereocenters. The Bertz CT molecular complexity index is 1060. The molecule has 8 heteroatoms. The number of ether oxygens (including phenoxy) is 1. The van der Waals surface area contributed by atoms with E-state index < -0.39 is 18.0 Å². The number of nitriles is 1. The zero-order valence-corrected chi connectivity index (χ0v) is 18.6. The Labute approximate surface area is 191 Å². The molecule has 1 aliphatic carbocycles. The second kappa shape index (κ2) is 8.97. The number of benzene rings is 2. The summed E-state index contributed by atoms with van der Waals surface area (Å²) in [6, 6.07) is 14.8. The predicted molar refractivity (Wildman–Crippen MR) is 119 cm³/mol. The lowest BCUT2D eigenvalue weighted by Crippen LogP contribution is -2.42. The highest BCUT2D eigenvalue weighted by molar-refractivity contribution is 5.97. The van der Waals surface area contributed by atoms with Gasteiger partial charge in [0.05, 0.1) is 24.6 Å². The summed E-state index contributed by atoms with van der Waals surface area (Å²) in [5.41, 5.74) is 2.93. The molecule has 2 unspecified atom stereocenters. The van der Waals surface area contributed by atoms with Crippen LogP contribution >= 0.6 is 0 Å². The molecule has 5 nitrogen and oxygen atoms in total. The molecular weight excluding hydrogens is 431 g/mol. The largest absolute Gasteiger partial charge is 0.494 e. The van der Waals surface area contributed by atoms with Crippen LogP contribution in [0.25, 0.3) is 0 Å². The van der Waals surface area contributed by atoms with Gasteiger partial charge >= 0.3 is 12.1 Å². The van der Waals surface area contributed by atoms with Gasteiger partial charge in [0.1, 0.15) is 5.75 Å². The molecule has 0 saturated heterocycles. The molecule has 1 heterocycles. The van der Waals surface area contributed by atoms with Crippen molar-refractivity contribution in [2.24, 2.45) is 0 Å². The number of carbonyl (C=O) groups is 1. The van der Waals surface area contributed by atoms with Gasteiger partial charge in [-0.2, -0.15) is 18.4 Å². The molecule has 0 aromatic heterocycles. The molecule has 2 aromatic carbocycles. The minimum Gasteiger partial charge on any atom is -0.494 e. The van der Waals surface area contributed by atoms with Crippen molar-refractivity contribution in [3.05, 3.63) is 53.6 Å². The summed E-state index contributed by atoms with van der Waals surface area (Å²) in [4.78, 5) is 14.8. The maximum absolute atomic E-state index is 13.0. The molecule has 2 aliphatic rings. The fourth-order valence-electron chi connectivity index (χ4n) is 4.78. The van der Waals surface area contributed by atoms with Crippen LogP contribution in [0, 0.1) is 11.3 Å². The Kier molecular flexibility index (Phi) is 6.24. The summed E-state index contributed by atoms with van der Waals surface area (Å²) in [5, 5.41) is 10.1. The first-order chi connectivity index (χ1) is 15.8. The van der Waals surface area contributed by atoms with E-state index in [0.717, 1.165) is 41.8 Å². The standard InChI is InChI=1S/C25H26F3N3O2/c1-3-30(24(32)25(26,27)28)17-10-8-16(9-11-17)23-21(15-29)20-13-12-19(33-4-2)14-22(20)31(23)18-6-5-7-18/h8-14,18,21,23H,3-7H2,1-2H3. The molecule has 1 fully saturated rings. The van der Waals surface area contributed by atoms with Gasteiger partial charge in [0, 0.05) is 30.0 Å². The van der Waals surface area contributed by atoms with Crippen LogP contribution in [0.1, 0.15) is 56.2 Å². The number of amides is 1. The fourth-order valence-corrected chi connectivity index (χ4v) is 4.78. The molecule has 33 heavy (non-hydrogen) atoms. The van der Waals surface area contributed by atoms with Gasteiger partial charge in [0.2, 0.25) is 0 Å². The highest BCUT2D eigenvalue weighted by Gasteiger charge is 2.45. The highest BCUT2D eigenvalue weighted by atomic mass is 19.4. The summed E-state index contributed by atoms with van der Waals surface area (Å²) >= 11 is 0. The summed E-state index contributed by atoms with van der Waals surface area (Å²) in [6.45, 7) is 3.87. The number of hydrogen-bond donors (Lipinski definition) is 0. The van der Waals surface area contributed by atoms with Gasteiger partial charge in [-0.3, -0.25) is 4.79 Å². The van der Waals surface area contributed by atoms with E-state index in [2.05, 4.69) is 11.0 Å². The Morgan fingerprint density at radius 2 is 1.88 bits per heavy atom. The summed E-state index contributed by atoms with van der Waals surface area (Å²) < 4.78 is 44.6. The predicted octanol–water partition coefficient (Wildman–Crippen LogP) is 5.72. The van der Waals surface area contributed by atoms with Crippen LogP contribution in [-0.2, 0) is 4.79 Å². The van der Waals surface area contributed by atoms with Crippen LogP contribution in [0.3, 0.4) is 0 Å². The minimum atomic E-state index is -4.94. The van der Waals surface area contributed by atoms with E-state index in [0.29, 0.717) is 17.5 Å². The van der Waals surface area contributed by atoms with Gasteiger partial charge in [-0.1, -0.05) is 18.2 Å². The average molecular weight is 457 g/mol. The number of rotatable bonds is 6. The Morgan fingerprint density at radius 3 is 2.39 bits per heavy atom. The molecule has 174 valence electrons. The first-order valence-electron chi connectivity index (χ1n) is 11.2. The summed E-state index contributed by atoms with van der Waals surface area (Å²) in [6.07, 6.45) is -1.77. The van der Waals surface area contributed by atoms with Crippen molar-refractivity contribution in [3.8, 4) is 11.8 Å². The molecule has 1 aliphatic heterocycles. The molecule has 4 rings (SSSR count). The maximum atomic E-state index is 13.0. The van der Waals surface area contributed by atoms with E-state index >= 15 is 0 Å². The smallest absolute Gasteiger partial charge is 0.471 e. The van der Waals surface area contributed by atoms with Crippen molar-refractivity contribution in [3.63, 3.8) is 0 Å². The number of alkyl halides is 3. The zero-order valence-electron chi connectivity index (χ0n) is 18.6. The molecule has 0 radical (unpaired) electrons. The topological polar surface area (TPSA) is 56.6 Å². The molecule has 2 aromatic rings. The number of hydrogen-bond acceptors (Lipinski definition) is 4. The minimum absolute atomic E-state index is 0.0955. The van der Waals surface area contributed by atoms with Crippen molar-refractivity contribution in [1.29, 1.82) is 5.26 Å². The lowest BCUT2D eigenvalue weighted by Gasteiger charge is -2.41. The number of nitrogens with zero attached hydrogens (tertiary/aromatic N) is 3. The van der Waals surface area contributed by atoms with Crippen molar-refractivity contribution in [2.75, 3.05) is 23.0 Å². The van der Waals surface area contributed by atoms with Gasteiger partial charge in [-0.05, 0) is 62.4 Å². The normalized spacial score (nSPS) is 20.1. The van der Waals surface area contributed by atoms with Gasteiger partial charge in [0.25, 0.3) is 0 Å². The first kappa shape index (κ1) is 23.0. The quantitative estimate of drug-likeness (QED) is 0.557. The average Bonchev–Trinajstić information content (AvgIpc) is 3.06. The molecular formula is C25H26F3N3O2. The van der Waals surface area contributed by atoms with E-state index in [-0.39, 0.29) is 18.3 Å². The number of carbonyl (C=O) groups excluding carboxylic acids is 1. The van der Waals surface area contributed by atoms with Crippen LogP contribution in [0.2, 0.25) is 0 Å². The Hall–Kier alpha value is -3.21. The van der Waals surface area contributed by atoms with Crippen LogP contribution in [-0.4, -0.2) is 31.3 Å². The first-order valence-corrected chi connectivity index (χ1v) is 11.2. The van der Waals surface area contributed by atoms with Crippen molar-refractivity contribution >= 4 is 17.3 Å². The molecule has 1 amide bonds. The zero-order chi connectivity index (χ0) is 23.8. The van der Waals surface area contributed by atoms with Gasteiger partial charge in [-0.25, -0.2) is 0 Å².